The SMILES string of the molecule is Cc1cc(C)c(C2CNCC(CC(C)C)O2)c(C)c1. The molecule has 1 aliphatic heterocycles. The van der Waals surface area contributed by atoms with Crippen LogP contribution in [0, 0.1) is 26.7 Å². The van der Waals surface area contributed by atoms with Crippen LogP contribution in [0.2, 0.25) is 0 Å². The number of hydrogen-bond acceptors (Lipinski definition) is 2. The third-order valence-corrected chi connectivity index (χ3v) is 3.85. The average molecular weight is 261 g/mol. The van der Waals surface area contributed by atoms with Crippen LogP contribution < -0.4 is 5.32 Å². The molecule has 0 spiro atoms. The molecule has 19 heavy (non-hydrogen) atoms. The van der Waals surface area contributed by atoms with E-state index < -0.39 is 0 Å². The Labute approximate surface area is 117 Å². The lowest BCUT2D eigenvalue weighted by molar-refractivity contribution is -0.0479. The molecule has 1 fully saturated rings. The topological polar surface area (TPSA) is 21.3 Å². The molecule has 106 valence electrons. The van der Waals surface area contributed by atoms with Crippen LogP contribution in [0.15, 0.2) is 12.1 Å². The smallest absolute Gasteiger partial charge is 0.0958 e. The Balaban J connectivity index is 2.17. The summed E-state index contributed by atoms with van der Waals surface area (Å²) in [6.45, 7) is 13.0. The first-order valence-corrected chi connectivity index (χ1v) is 7.41. The summed E-state index contributed by atoms with van der Waals surface area (Å²) in [4.78, 5) is 0. The summed E-state index contributed by atoms with van der Waals surface area (Å²) in [5.41, 5.74) is 5.43. The molecular weight excluding hydrogens is 234 g/mol. The van der Waals surface area contributed by atoms with Gasteiger partial charge in [-0.3, -0.25) is 0 Å². The van der Waals surface area contributed by atoms with Crippen molar-refractivity contribution in [2.75, 3.05) is 13.1 Å². The van der Waals surface area contributed by atoms with Gasteiger partial charge in [0.05, 0.1) is 12.2 Å². The van der Waals surface area contributed by atoms with E-state index in [9.17, 15) is 0 Å². The zero-order valence-corrected chi connectivity index (χ0v) is 12.9. The number of rotatable bonds is 3. The summed E-state index contributed by atoms with van der Waals surface area (Å²) < 4.78 is 6.32. The van der Waals surface area contributed by atoms with Crippen molar-refractivity contribution in [3.63, 3.8) is 0 Å². The third-order valence-electron chi connectivity index (χ3n) is 3.85. The fourth-order valence-electron chi connectivity index (χ4n) is 3.24. The maximum absolute atomic E-state index is 6.32. The molecule has 1 aromatic rings. The first-order valence-electron chi connectivity index (χ1n) is 7.41. The molecule has 0 aromatic heterocycles. The Hall–Kier alpha value is -0.860. The van der Waals surface area contributed by atoms with E-state index in [1.807, 2.05) is 0 Å². The van der Waals surface area contributed by atoms with Crippen molar-refractivity contribution in [2.45, 2.75) is 53.2 Å². The number of morpholine rings is 1. The maximum atomic E-state index is 6.32. The molecule has 0 amide bonds. The van der Waals surface area contributed by atoms with Crippen molar-refractivity contribution >= 4 is 0 Å². The van der Waals surface area contributed by atoms with Crippen LogP contribution in [0.3, 0.4) is 0 Å². The average Bonchev–Trinajstić information content (AvgIpc) is 2.26. The Morgan fingerprint density at radius 2 is 1.79 bits per heavy atom. The standard InChI is InChI=1S/C17H27NO/c1-11(2)6-15-9-18-10-16(19-15)17-13(4)7-12(3)8-14(17)5/h7-8,11,15-16,18H,6,9-10H2,1-5H3. The molecule has 2 heteroatoms. The highest BCUT2D eigenvalue weighted by Gasteiger charge is 2.26. The summed E-state index contributed by atoms with van der Waals surface area (Å²) in [6, 6.07) is 4.52. The predicted octanol–water partition coefficient (Wildman–Crippen LogP) is 3.69. The molecule has 2 nitrogen and oxygen atoms in total. The molecule has 1 N–H and O–H groups in total. The van der Waals surface area contributed by atoms with Gasteiger partial charge < -0.3 is 10.1 Å². The lowest BCUT2D eigenvalue weighted by Crippen LogP contribution is -2.41. The fraction of sp³-hybridized carbons (Fsp3) is 0.647. The molecule has 1 saturated heterocycles. The summed E-state index contributed by atoms with van der Waals surface area (Å²) in [5.74, 6) is 0.686. The van der Waals surface area contributed by atoms with Crippen LogP contribution in [-0.4, -0.2) is 19.2 Å². The minimum atomic E-state index is 0.207. The van der Waals surface area contributed by atoms with Crippen LogP contribution in [0.25, 0.3) is 0 Å². The molecule has 2 rings (SSSR count). The van der Waals surface area contributed by atoms with Gasteiger partial charge in [0.2, 0.25) is 0 Å². The van der Waals surface area contributed by atoms with Gasteiger partial charge in [-0.1, -0.05) is 31.5 Å². The molecule has 1 heterocycles. The van der Waals surface area contributed by atoms with E-state index in [1.165, 1.54) is 22.3 Å². The van der Waals surface area contributed by atoms with Crippen LogP contribution in [0.5, 0.6) is 0 Å². The van der Waals surface area contributed by atoms with Gasteiger partial charge in [-0.2, -0.15) is 0 Å². The highest BCUT2D eigenvalue weighted by atomic mass is 16.5. The second kappa shape index (κ2) is 6.06. The van der Waals surface area contributed by atoms with Crippen molar-refractivity contribution in [3.05, 3.63) is 34.4 Å². The van der Waals surface area contributed by atoms with Gasteiger partial charge in [-0.05, 0) is 49.8 Å². The van der Waals surface area contributed by atoms with Crippen molar-refractivity contribution < 1.29 is 4.74 Å². The number of ether oxygens (including phenoxy) is 1. The van der Waals surface area contributed by atoms with Crippen molar-refractivity contribution in [1.29, 1.82) is 0 Å². The molecule has 0 bridgehead atoms. The second-order valence-corrected chi connectivity index (χ2v) is 6.35. The van der Waals surface area contributed by atoms with E-state index in [-0.39, 0.29) is 6.10 Å². The molecule has 2 atom stereocenters. The monoisotopic (exact) mass is 261 g/mol. The van der Waals surface area contributed by atoms with Gasteiger partial charge in [0.25, 0.3) is 0 Å². The number of hydrogen-bond donors (Lipinski definition) is 1. The fourth-order valence-corrected chi connectivity index (χ4v) is 3.24. The Morgan fingerprint density at radius 1 is 1.16 bits per heavy atom. The quantitative estimate of drug-likeness (QED) is 0.896. The van der Waals surface area contributed by atoms with Crippen LogP contribution in [-0.2, 0) is 4.74 Å². The Morgan fingerprint density at radius 3 is 2.37 bits per heavy atom. The second-order valence-electron chi connectivity index (χ2n) is 6.35. The largest absolute Gasteiger partial charge is 0.368 e. The first-order chi connectivity index (χ1) is 8.97. The number of benzene rings is 1. The van der Waals surface area contributed by atoms with Gasteiger partial charge in [0, 0.05) is 13.1 Å². The van der Waals surface area contributed by atoms with Gasteiger partial charge in [0.15, 0.2) is 0 Å². The summed E-state index contributed by atoms with van der Waals surface area (Å²) in [6.07, 6.45) is 1.69. The molecule has 0 saturated carbocycles. The zero-order chi connectivity index (χ0) is 14.0. The summed E-state index contributed by atoms with van der Waals surface area (Å²) in [5, 5.41) is 3.53. The van der Waals surface area contributed by atoms with E-state index in [4.69, 9.17) is 4.74 Å². The highest BCUT2D eigenvalue weighted by molar-refractivity contribution is 5.39. The molecule has 1 aliphatic rings. The summed E-state index contributed by atoms with van der Waals surface area (Å²) in [7, 11) is 0. The highest BCUT2D eigenvalue weighted by Crippen LogP contribution is 2.29. The Bertz CT molecular complexity index is 416. The lowest BCUT2D eigenvalue weighted by atomic mass is 9.94. The third kappa shape index (κ3) is 3.58. The van der Waals surface area contributed by atoms with Crippen LogP contribution in [0.4, 0.5) is 0 Å². The maximum Gasteiger partial charge on any atom is 0.0958 e. The van der Waals surface area contributed by atoms with Crippen LogP contribution in [0.1, 0.15) is 48.6 Å². The van der Waals surface area contributed by atoms with Gasteiger partial charge in [0.1, 0.15) is 0 Å². The van der Waals surface area contributed by atoms with Gasteiger partial charge in [-0.15, -0.1) is 0 Å². The molecule has 1 aromatic carbocycles. The van der Waals surface area contributed by atoms with E-state index in [0.29, 0.717) is 12.0 Å². The van der Waals surface area contributed by atoms with Crippen molar-refractivity contribution in [3.8, 4) is 0 Å². The molecule has 0 aliphatic carbocycles. The van der Waals surface area contributed by atoms with E-state index >= 15 is 0 Å². The number of nitrogens with one attached hydrogen (secondary N) is 1. The minimum Gasteiger partial charge on any atom is -0.368 e. The van der Waals surface area contributed by atoms with Crippen molar-refractivity contribution in [1.82, 2.24) is 5.32 Å². The van der Waals surface area contributed by atoms with Gasteiger partial charge in [-0.25, -0.2) is 0 Å². The number of aryl methyl sites for hydroxylation is 3. The van der Waals surface area contributed by atoms with E-state index in [1.54, 1.807) is 0 Å². The predicted molar refractivity (Wildman–Crippen MR) is 80.6 cm³/mol. The lowest BCUT2D eigenvalue weighted by Gasteiger charge is -2.33. The summed E-state index contributed by atoms with van der Waals surface area (Å²) >= 11 is 0. The Kier molecular flexibility index (Phi) is 4.64. The zero-order valence-electron chi connectivity index (χ0n) is 12.9. The van der Waals surface area contributed by atoms with E-state index in [2.05, 4.69) is 52.1 Å². The molecule has 2 unspecified atom stereocenters. The van der Waals surface area contributed by atoms with Gasteiger partial charge >= 0.3 is 0 Å². The minimum absolute atomic E-state index is 0.207. The first kappa shape index (κ1) is 14.5. The van der Waals surface area contributed by atoms with E-state index in [0.717, 1.165) is 19.5 Å². The van der Waals surface area contributed by atoms with Crippen molar-refractivity contribution in [2.24, 2.45) is 5.92 Å². The molecular formula is C17H27NO. The van der Waals surface area contributed by atoms with Crippen LogP contribution >= 0.6 is 0 Å². The molecule has 0 radical (unpaired) electrons. The normalized spacial score (nSPS) is 23.9.